The summed E-state index contributed by atoms with van der Waals surface area (Å²) in [5, 5.41) is 12.1. The second kappa shape index (κ2) is 5.64. The molecule has 1 aliphatic rings. The molecule has 1 aliphatic heterocycles. The summed E-state index contributed by atoms with van der Waals surface area (Å²) >= 11 is 0. The number of nitriles is 1. The molecule has 1 atom stereocenters. The minimum Gasteiger partial charge on any atom is -0.379 e. The van der Waals surface area contributed by atoms with Crippen LogP contribution < -0.4 is 5.32 Å². The van der Waals surface area contributed by atoms with Gasteiger partial charge in [0.1, 0.15) is 6.07 Å². The van der Waals surface area contributed by atoms with Crippen LogP contribution in [0.2, 0.25) is 0 Å². The molecule has 1 heterocycles. The average Bonchev–Trinajstić information content (AvgIpc) is 2.42. The smallest absolute Gasteiger partial charge is 0.379 e. The third-order valence-electron chi connectivity index (χ3n) is 3.45. The van der Waals surface area contributed by atoms with Crippen LogP contribution in [0.15, 0.2) is 18.2 Å². The minimum atomic E-state index is -4.47. The van der Waals surface area contributed by atoms with Crippen LogP contribution in [0.1, 0.15) is 24.0 Å². The lowest BCUT2D eigenvalue weighted by Gasteiger charge is -2.31. The topological polar surface area (TPSA) is 56.1 Å². The molecule has 21 heavy (non-hydrogen) atoms. The molecule has 7 heteroatoms. The van der Waals surface area contributed by atoms with Gasteiger partial charge in [0.2, 0.25) is 5.91 Å². The molecule has 1 N–H and O–H groups in total. The molecule has 0 spiro atoms. The first-order valence-corrected chi connectivity index (χ1v) is 6.43. The highest BCUT2D eigenvalue weighted by atomic mass is 19.4. The number of likely N-dealkylation sites (N-methyl/N-ethyl adjacent to an activating group) is 1. The lowest BCUT2D eigenvalue weighted by atomic mass is 10.0. The van der Waals surface area contributed by atoms with Crippen LogP contribution in [-0.2, 0) is 11.0 Å². The van der Waals surface area contributed by atoms with E-state index in [1.165, 1.54) is 6.07 Å². The number of piperidine rings is 1. The Morgan fingerprint density at radius 2 is 2.14 bits per heavy atom. The van der Waals surface area contributed by atoms with E-state index < -0.39 is 11.7 Å². The van der Waals surface area contributed by atoms with Gasteiger partial charge in [0, 0.05) is 26.1 Å². The molecule has 1 fully saturated rings. The van der Waals surface area contributed by atoms with E-state index in [-0.39, 0.29) is 17.5 Å². The molecule has 0 aliphatic carbocycles. The molecule has 1 amide bonds. The number of carbonyl (C=O) groups excluding carboxylic acids is 1. The summed E-state index contributed by atoms with van der Waals surface area (Å²) in [7, 11) is 1.67. The number of anilines is 1. The normalized spacial score (nSPS) is 19.3. The van der Waals surface area contributed by atoms with Crippen molar-refractivity contribution >= 4 is 11.6 Å². The highest BCUT2D eigenvalue weighted by Crippen LogP contribution is 2.32. The second-order valence-electron chi connectivity index (χ2n) is 5.02. The first kappa shape index (κ1) is 15.2. The quantitative estimate of drug-likeness (QED) is 0.913. The fraction of sp³-hybridized carbons (Fsp3) is 0.429. The summed E-state index contributed by atoms with van der Waals surface area (Å²) < 4.78 is 37.8. The number of hydrogen-bond acceptors (Lipinski definition) is 3. The molecule has 4 nitrogen and oxygen atoms in total. The Kier molecular flexibility index (Phi) is 4.07. The number of halogens is 3. The number of nitrogens with one attached hydrogen (secondary N) is 1. The first-order chi connectivity index (χ1) is 9.81. The van der Waals surface area contributed by atoms with Gasteiger partial charge in [-0.3, -0.25) is 4.79 Å². The Labute approximate surface area is 120 Å². The molecule has 0 radical (unpaired) electrons. The van der Waals surface area contributed by atoms with Crippen LogP contribution in [0.25, 0.3) is 0 Å². The fourth-order valence-corrected chi connectivity index (χ4v) is 2.29. The summed E-state index contributed by atoms with van der Waals surface area (Å²) in [5.41, 5.74) is -0.539. The molecule has 2 rings (SSSR count). The second-order valence-corrected chi connectivity index (χ2v) is 5.02. The number of rotatable bonds is 2. The van der Waals surface area contributed by atoms with Crippen molar-refractivity contribution in [3.8, 4) is 6.07 Å². The summed E-state index contributed by atoms with van der Waals surface area (Å²) in [6, 6.07) is 4.74. The SMILES string of the molecule is CN1CC(Nc2ccc(C(F)(F)F)cc2C#N)CCC1=O. The zero-order chi connectivity index (χ0) is 15.6. The molecule has 0 saturated carbocycles. The van der Waals surface area contributed by atoms with Gasteiger partial charge in [-0.05, 0) is 24.6 Å². The van der Waals surface area contributed by atoms with Gasteiger partial charge in [0.05, 0.1) is 16.8 Å². The monoisotopic (exact) mass is 297 g/mol. The van der Waals surface area contributed by atoms with Gasteiger partial charge >= 0.3 is 6.18 Å². The third-order valence-corrected chi connectivity index (χ3v) is 3.45. The standard InChI is InChI=1S/C14H14F3N3O/c1-20-8-11(3-5-13(20)21)19-12-4-2-10(14(15,16)17)6-9(12)7-18/h2,4,6,11,19H,3,5,8H2,1H3. The molecule has 1 unspecified atom stereocenters. The molecule has 1 aromatic rings. The van der Waals surface area contributed by atoms with Crippen LogP contribution in [0, 0.1) is 11.3 Å². The van der Waals surface area contributed by atoms with Crippen molar-refractivity contribution in [2.75, 3.05) is 18.9 Å². The number of hydrogen-bond donors (Lipinski definition) is 1. The van der Waals surface area contributed by atoms with Crippen LogP contribution in [0.4, 0.5) is 18.9 Å². The molecule has 1 saturated heterocycles. The van der Waals surface area contributed by atoms with Gasteiger partial charge < -0.3 is 10.2 Å². The van der Waals surface area contributed by atoms with Crippen molar-refractivity contribution in [1.29, 1.82) is 5.26 Å². The van der Waals surface area contributed by atoms with Crippen LogP contribution in [0.3, 0.4) is 0 Å². The molecular weight excluding hydrogens is 283 g/mol. The first-order valence-electron chi connectivity index (χ1n) is 6.43. The number of likely N-dealkylation sites (tertiary alicyclic amines) is 1. The predicted octanol–water partition coefficient (Wildman–Crippen LogP) is 2.61. The van der Waals surface area contributed by atoms with Crippen molar-refractivity contribution in [2.45, 2.75) is 25.1 Å². The maximum absolute atomic E-state index is 12.6. The lowest BCUT2D eigenvalue weighted by Crippen LogP contribution is -2.43. The zero-order valence-electron chi connectivity index (χ0n) is 11.4. The molecule has 1 aromatic carbocycles. The highest BCUT2D eigenvalue weighted by molar-refractivity contribution is 5.77. The zero-order valence-corrected chi connectivity index (χ0v) is 11.4. The summed E-state index contributed by atoms with van der Waals surface area (Å²) in [6.45, 7) is 0.463. The van der Waals surface area contributed by atoms with Gasteiger partial charge in [-0.15, -0.1) is 0 Å². The van der Waals surface area contributed by atoms with E-state index in [1.807, 2.05) is 0 Å². The van der Waals surface area contributed by atoms with Crippen molar-refractivity contribution in [2.24, 2.45) is 0 Å². The Balaban J connectivity index is 2.17. The number of benzene rings is 1. The van der Waals surface area contributed by atoms with Gasteiger partial charge in [-0.2, -0.15) is 18.4 Å². The van der Waals surface area contributed by atoms with E-state index in [0.29, 0.717) is 25.1 Å². The van der Waals surface area contributed by atoms with Gasteiger partial charge in [0.15, 0.2) is 0 Å². The van der Waals surface area contributed by atoms with Gasteiger partial charge in [0.25, 0.3) is 0 Å². The highest BCUT2D eigenvalue weighted by Gasteiger charge is 2.31. The van der Waals surface area contributed by atoms with Gasteiger partial charge in [-0.1, -0.05) is 0 Å². The van der Waals surface area contributed by atoms with E-state index in [1.54, 1.807) is 18.0 Å². The largest absolute Gasteiger partial charge is 0.416 e. The van der Waals surface area contributed by atoms with E-state index >= 15 is 0 Å². The maximum atomic E-state index is 12.6. The third kappa shape index (κ3) is 3.45. The van der Waals surface area contributed by atoms with Crippen LogP contribution in [-0.4, -0.2) is 30.4 Å². The Bertz CT molecular complexity index is 592. The van der Waals surface area contributed by atoms with Gasteiger partial charge in [-0.25, -0.2) is 0 Å². The van der Waals surface area contributed by atoms with E-state index in [0.717, 1.165) is 12.1 Å². The Hall–Kier alpha value is -2.23. The van der Waals surface area contributed by atoms with E-state index in [4.69, 9.17) is 5.26 Å². The molecule has 0 bridgehead atoms. The van der Waals surface area contributed by atoms with Crippen molar-refractivity contribution in [3.05, 3.63) is 29.3 Å². The minimum absolute atomic E-state index is 0.0426. The van der Waals surface area contributed by atoms with E-state index in [2.05, 4.69) is 5.32 Å². The average molecular weight is 297 g/mol. The van der Waals surface area contributed by atoms with Crippen LogP contribution >= 0.6 is 0 Å². The lowest BCUT2D eigenvalue weighted by molar-refractivity contribution is -0.137. The molecule has 0 aromatic heterocycles. The molecular formula is C14H14F3N3O. The summed E-state index contributed by atoms with van der Waals surface area (Å²) in [5.74, 6) is 0.0426. The number of nitrogens with zero attached hydrogens (tertiary/aromatic N) is 2. The Morgan fingerprint density at radius 1 is 1.43 bits per heavy atom. The van der Waals surface area contributed by atoms with Crippen LogP contribution in [0.5, 0.6) is 0 Å². The number of carbonyl (C=O) groups is 1. The summed E-state index contributed by atoms with van der Waals surface area (Å²) in [4.78, 5) is 13.0. The summed E-state index contributed by atoms with van der Waals surface area (Å²) in [6.07, 6.45) is -3.49. The van der Waals surface area contributed by atoms with E-state index in [9.17, 15) is 18.0 Å². The predicted molar refractivity (Wildman–Crippen MR) is 70.4 cm³/mol. The van der Waals surface area contributed by atoms with Crippen molar-refractivity contribution in [3.63, 3.8) is 0 Å². The number of alkyl halides is 3. The van der Waals surface area contributed by atoms with Crippen molar-refractivity contribution in [1.82, 2.24) is 4.90 Å². The fourth-order valence-electron chi connectivity index (χ4n) is 2.29. The Morgan fingerprint density at radius 3 is 2.71 bits per heavy atom. The van der Waals surface area contributed by atoms with Crippen molar-refractivity contribution < 1.29 is 18.0 Å². The number of amides is 1. The molecule has 112 valence electrons. The maximum Gasteiger partial charge on any atom is 0.416 e.